The summed E-state index contributed by atoms with van der Waals surface area (Å²) in [4.78, 5) is 17.5. The van der Waals surface area contributed by atoms with Gasteiger partial charge in [0.25, 0.3) is 0 Å². The molecule has 0 spiro atoms. The zero-order chi connectivity index (χ0) is 14.1. The molecule has 1 unspecified atom stereocenters. The first-order chi connectivity index (χ1) is 9.70. The second-order valence-electron chi connectivity index (χ2n) is 5.02. The molecule has 0 radical (unpaired) electrons. The molecule has 1 saturated heterocycles. The van der Waals surface area contributed by atoms with Crippen molar-refractivity contribution in [2.45, 2.75) is 18.9 Å². The minimum atomic E-state index is -1.03. The lowest BCUT2D eigenvalue weighted by Gasteiger charge is -2.26. The van der Waals surface area contributed by atoms with Crippen LogP contribution in [0.4, 0.5) is 5.69 Å². The van der Waals surface area contributed by atoms with E-state index in [1.807, 2.05) is 24.3 Å². The first-order valence-corrected chi connectivity index (χ1v) is 6.71. The van der Waals surface area contributed by atoms with Gasteiger partial charge in [0, 0.05) is 17.6 Å². The molecule has 3 rings (SSSR count). The number of benzene rings is 1. The number of carboxylic acid groups (broad SMARTS) is 1. The summed E-state index contributed by atoms with van der Waals surface area (Å²) in [5.74, 6) is -1.03. The fraction of sp³-hybridized carbons (Fsp3) is 0.333. The van der Waals surface area contributed by atoms with Crippen LogP contribution in [0.3, 0.4) is 0 Å². The van der Waals surface area contributed by atoms with E-state index in [0.717, 1.165) is 30.5 Å². The molecular weight excluding hydrogens is 256 g/mol. The standard InChI is InChI=1S/C15H16N2O3/c18-9-10-4-3-7-17(10)14-8-13(15(19)20)16-12-6-2-1-5-11(12)14/h1-2,5-6,8,10,18H,3-4,7,9H2,(H,19,20). The molecule has 5 heteroatoms. The molecule has 1 aliphatic heterocycles. The molecule has 1 aromatic heterocycles. The first kappa shape index (κ1) is 12.9. The largest absolute Gasteiger partial charge is 0.477 e. The van der Waals surface area contributed by atoms with Crippen molar-refractivity contribution >= 4 is 22.6 Å². The monoisotopic (exact) mass is 272 g/mol. The smallest absolute Gasteiger partial charge is 0.354 e. The van der Waals surface area contributed by atoms with E-state index in [2.05, 4.69) is 9.88 Å². The summed E-state index contributed by atoms with van der Waals surface area (Å²) in [5.41, 5.74) is 1.57. The molecule has 1 atom stereocenters. The molecule has 0 amide bonds. The van der Waals surface area contributed by atoms with Gasteiger partial charge in [0.05, 0.1) is 18.2 Å². The average Bonchev–Trinajstić information content (AvgIpc) is 2.94. The zero-order valence-corrected chi connectivity index (χ0v) is 11.0. The summed E-state index contributed by atoms with van der Waals surface area (Å²) in [7, 11) is 0. The van der Waals surface area contributed by atoms with Crippen LogP contribution in [-0.4, -0.2) is 40.4 Å². The molecule has 5 nitrogen and oxygen atoms in total. The van der Waals surface area contributed by atoms with Crippen molar-refractivity contribution in [1.82, 2.24) is 4.98 Å². The highest BCUT2D eigenvalue weighted by molar-refractivity contribution is 5.97. The number of para-hydroxylation sites is 1. The Balaban J connectivity index is 2.19. The van der Waals surface area contributed by atoms with Gasteiger partial charge in [-0.2, -0.15) is 0 Å². The van der Waals surface area contributed by atoms with Gasteiger partial charge in [0.15, 0.2) is 5.69 Å². The van der Waals surface area contributed by atoms with Gasteiger partial charge in [-0.3, -0.25) is 0 Å². The Hall–Kier alpha value is -2.14. The van der Waals surface area contributed by atoms with Gasteiger partial charge in [-0.25, -0.2) is 9.78 Å². The predicted octanol–water partition coefficient (Wildman–Crippen LogP) is 1.89. The maximum Gasteiger partial charge on any atom is 0.354 e. The van der Waals surface area contributed by atoms with Gasteiger partial charge in [0.2, 0.25) is 0 Å². The molecule has 0 aliphatic carbocycles. The molecule has 1 fully saturated rings. The molecule has 20 heavy (non-hydrogen) atoms. The number of aromatic carboxylic acids is 1. The zero-order valence-electron chi connectivity index (χ0n) is 11.0. The Morgan fingerprint density at radius 1 is 1.40 bits per heavy atom. The third kappa shape index (κ3) is 2.10. The number of hydrogen-bond acceptors (Lipinski definition) is 4. The van der Waals surface area contributed by atoms with Crippen molar-refractivity contribution in [3.8, 4) is 0 Å². The van der Waals surface area contributed by atoms with Gasteiger partial charge in [-0.1, -0.05) is 18.2 Å². The van der Waals surface area contributed by atoms with Crippen LogP contribution in [0.5, 0.6) is 0 Å². The Morgan fingerprint density at radius 2 is 2.20 bits per heavy atom. The van der Waals surface area contributed by atoms with Crippen molar-refractivity contribution < 1.29 is 15.0 Å². The maximum atomic E-state index is 11.2. The lowest BCUT2D eigenvalue weighted by molar-refractivity contribution is 0.0691. The quantitative estimate of drug-likeness (QED) is 0.892. The summed E-state index contributed by atoms with van der Waals surface area (Å²) in [6.45, 7) is 0.914. The SMILES string of the molecule is O=C(O)c1cc(N2CCCC2CO)c2ccccc2n1. The fourth-order valence-electron chi connectivity index (χ4n) is 2.85. The van der Waals surface area contributed by atoms with Gasteiger partial charge in [-0.15, -0.1) is 0 Å². The van der Waals surface area contributed by atoms with Crippen molar-refractivity contribution in [1.29, 1.82) is 0 Å². The van der Waals surface area contributed by atoms with E-state index in [0.29, 0.717) is 5.52 Å². The molecule has 0 bridgehead atoms. The molecule has 104 valence electrons. The van der Waals surface area contributed by atoms with E-state index in [-0.39, 0.29) is 18.3 Å². The molecule has 0 saturated carbocycles. The predicted molar refractivity (Wildman–Crippen MR) is 76.2 cm³/mol. The summed E-state index contributed by atoms with van der Waals surface area (Å²) >= 11 is 0. The number of aromatic nitrogens is 1. The van der Waals surface area contributed by atoms with E-state index in [1.54, 1.807) is 6.07 Å². The molecule has 2 N–H and O–H groups in total. The molecule has 1 aliphatic rings. The van der Waals surface area contributed by atoms with Crippen LogP contribution in [0.1, 0.15) is 23.3 Å². The Bertz CT molecular complexity index is 657. The number of carboxylic acids is 1. The summed E-state index contributed by atoms with van der Waals surface area (Å²) in [5, 5.41) is 19.6. The van der Waals surface area contributed by atoms with Crippen LogP contribution >= 0.6 is 0 Å². The molecule has 2 aromatic rings. The minimum Gasteiger partial charge on any atom is -0.477 e. The van der Waals surface area contributed by atoms with Crippen LogP contribution in [0.15, 0.2) is 30.3 Å². The summed E-state index contributed by atoms with van der Waals surface area (Å²) in [6, 6.07) is 9.18. The van der Waals surface area contributed by atoms with Crippen LogP contribution < -0.4 is 4.90 Å². The third-order valence-electron chi connectivity index (χ3n) is 3.81. The highest BCUT2D eigenvalue weighted by atomic mass is 16.4. The Labute approximate surface area is 116 Å². The Morgan fingerprint density at radius 3 is 2.95 bits per heavy atom. The second-order valence-corrected chi connectivity index (χ2v) is 5.02. The number of aliphatic hydroxyl groups excluding tert-OH is 1. The number of rotatable bonds is 3. The number of pyridine rings is 1. The number of aliphatic hydroxyl groups is 1. The topological polar surface area (TPSA) is 73.7 Å². The van der Waals surface area contributed by atoms with Crippen LogP contribution in [0, 0.1) is 0 Å². The van der Waals surface area contributed by atoms with Crippen molar-refractivity contribution in [3.63, 3.8) is 0 Å². The fourth-order valence-corrected chi connectivity index (χ4v) is 2.85. The molecule has 2 heterocycles. The number of fused-ring (bicyclic) bond motifs is 1. The van der Waals surface area contributed by atoms with E-state index in [9.17, 15) is 15.0 Å². The second kappa shape index (κ2) is 5.09. The summed E-state index contributed by atoms with van der Waals surface area (Å²) < 4.78 is 0. The van der Waals surface area contributed by atoms with Crippen molar-refractivity contribution in [3.05, 3.63) is 36.0 Å². The van der Waals surface area contributed by atoms with Gasteiger partial charge in [-0.05, 0) is 25.0 Å². The minimum absolute atomic E-state index is 0.0438. The van der Waals surface area contributed by atoms with E-state index >= 15 is 0 Å². The molecule has 1 aromatic carbocycles. The Kier molecular flexibility index (Phi) is 3.28. The highest BCUT2D eigenvalue weighted by Crippen LogP contribution is 2.32. The van der Waals surface area contributed by atoms with Crippen LogP contribution in [0.2, 0.25) is 0 Å². The number of anilines is 1. The van der Waals surface area contributed by atoms with Gasteiger partial charge >= 0.3 is 5.97 Å². The lowest BCUT2D eigenvalue weighted by atomic mass is 10.1. The van der Waals surface area contributed by atoms with E-state index in [1.165, 1.54) is 0 Å². The normalized spacial score (nSPS) is 18.6. The number of nitrogens with zero attached hydrogens (tertiary/aromatic N) is 2. The van der Waals surface area contributed by atoms with E-state index < -0.39 is 5.97 Å². The maximum absolute atomic E-state index is 11.2. The third-order valence-corrected chi connectivity index (χ3v) is 3.81. The first-order valence-electron chi connectivity index (χ1n) is 6.71. The van der Waals surface area contributed by atoms with Gasteiger partial charge in [0.1, 0.15) is 0 Å². The van der Waals surface area contributed by atoms with Crippen LogP contribution in [-0.2, 0) is 0 Å². The number of hydrogen-bond donors (Lipinski definition) is 2. The summed E-state index contributed by atoms with van der Waals surface area (Å²) in [6.07, 6.45) is 1.93. The van der Waals surface area contributed by atoms with E-state index in [4.69, 9.17) is 0 Å². The van der Waals surface area contributed by atoms with Crippen molar-refractivity contribution in [2.75, 3.05) is 18.1 Å². The molecular formula is C15H16N2O3. The van der Waals surface area contributed by atoms with Crippen LogP contribution in [0.25, 0.3) is 10.9 Å². The number of carbonyl (C=O) groups is 1. The average molecular weight is 272 g/mol. The van der Waals surface area contributed by atoms with Gasteiger partial charge < -0.3 is 15.1 Å². The lowest BCUT2D eigenvalue weighted by Crippen LogP contribution is -2.32. The van der Waals surface area contributed by atoms with Crippen molar-refractivity contribution in [2.24, 2.45) is 0 Å². The highest BCUT2D eigenvalue weighted by Gasteiger charge is 2.26.